The third kappa shape index (κ3) is 3.70. The predicted molar refractivity (Wildman–Crippen MR) is 83.9 cm³/mol. The van der Waals surface area contributed by atoms with Crippen LogP contribution in [0.5, 0.6) is 0 Å². The Labute approximate surface area is 124 Å². The highest BCUT2D eigenvalue weighted by Crippen LogP contribution is 2.40. The first-order chi connectivity index (χ1) is 10.2. The Morgan fingerprint density at radius 2 is 2.00 bits per heavy atom. The first-order valence-corrected chi connectivity index (χ1v) is 7.33. The number of anilines is 3. The molecule has 1 fully saturated rings. The summed E-state index contributed by atoms with van der Waals surface area (Å²) in [7, 11) is 0. The third-order valence-electron chi connectivity index (χ3n) is 3.44. The fourth-order valence-electron chi connectivity index (χ4n) is 2.12. The standard InChI is InChI=1S/C16H20N4O/c1-11(10-21)17-16-19-14(12-7-8-12)9-15(20-16)18-13-5-3-2-4-6-13/h2-6,9,11-12,21H,7-8,10H2,1H3,(H2,17,18,19,20)/t11-/m0/s1. The summed E-state index contributed by atoms with van der Waals surface area (Å²) in [6.45, 7) is 1.95. The number of para-hydroxylation sites is 1. The molecule has 0 amide bonds. The summed E-state index contributed by atoms with van der Waals surface area (Å²) in [6.07, 6.45) is 2.38. The van der Waals surface area contributed by atoms with Gasteiger partial charge in [0, 0.05) is 23.7 Å². The van der Waals surface area contributed by atoms with Gasteiger partial charge < -0.3 is 15.7 Å². The lowest BCUT2D eigenvalue weighted by molar-refractivity contribution is 0.281. The Balaban J connectivity index is 1.84. The lowest BCUT2D eigenvalue weighted by Gasteiger charge is -2.14. The quantitative estimate of drug-likeness (QED) is 0.761. The number of rotatable bonds is 6. The van der Waals surface area contributed by atoms with E-state index in [0.29, 0.717) is 11.9 Å². The van der Waals surface area contributed by atoms with Crippen molar-refractivity contribution in [3.8, 4) is 0 Å². The van der Waals surface area contributed by atoms with Gasteiger partial charge in [0.2, 0.25) is 5.95 Å². The van der Waals surface area contributed by atoms with Crippen LogP contribution in [-0.2, 0) is 0 Å². The van der Waals surface area contributed by atoms with Crippen LogP contribution >= 0.6 is 0 Å². The fraction of sp³-hybridized carbons (Fsp3) is 0.375. The summed E-state index contributed by atoms with van der Waals surface area (Å²) < 4.78 is 0. The third-order valence-corrected chi connectivity index (χ3v) is 3.44. The molecule has 1 aliphatic rings. The van der Waals surface area contributed by atoms with Crippen LogP contribution in [0.15, 0.2) is 36.4 Å². The minimum absolute atomic E-state index is 0.0540. The van der Waals surface area contributed by atoms with Crippen molar-refractivity contribution in [2.75, 3.05) is 17.2 Å². The fourth-order valence-corrected chi connectivity index (χ4v) is 2.12. The molecule has 0 saturated heterocycles. The van der Waals surface area contributed by atoms with Gasteiger partial charge in [0.05, 0.1) is 12.3 Å². The molecular formula is C16H20N4O. The second kappa shape index (κ2) is 6.10. The molecule has 3 rings (SSSR count). The van der Waals surface area contributed by atoms with Gasteiger partial charge in [-0.3, -0.25) is 0 Å². The zero-order valence-corrected chi connectivity index (χ0v) is 12.1. The molecule has 0 aliphatic heterocycles. The van der Waals surface area contributed by atoms with Crippen molar-refractivity contribution in [1.29, 1.82) is 0 Å². The van der Waals surface area contributed by atoms with E-state index in [0.717, 1.165) is 17.2 Å². The van der Waals surface area contributed by atoms with Crippen molar-refractivity contribution < 1.29 is 5.11 Å². The van der Waals surface area contributed by atoms with E-state index < -0.39 is 0 Å². The van der Waals surface area contributed by atoms with Gasteiger partial charge >= 0.3 is 0 Å². The second-order valence-electron chi connectivity index (χ2n) is 5.49. The Morgan fingerprint density at radius 1 is 1.24 bits per heavy atom. The van der Waals surface area contributed by atoms with Crippen LogP contribution in [-0.4, -0.2) is 27.7 Å². The molecule has 0 spiro atoms. The van der Waals surface area contributed by atoms with Gasteiger partial charge in [0.25, 0.3) is 0 Å². The second-order valence-corrected chi connectivity index (χ2v) is 5.49. The molecule has 110 valence electrons. The molecule has 3 N–H and O–H groups in total. The topological polar surface area (TPSA) is 70.1 Å². The van der Waals surface area contributed by atoms with E-state index in [1.807, 2.05) is 43.3 Å². The average molecular weight is 284 g/mol. The van der Waals surface area contributed by atoms with Crippen LogP contribution in [0, 0.1) is 0 Å². The molecule has 2 aromatic rings. The van der Waals surface area contributed by atoms with Crippen LogP contribution in [0.2, 0.25) is 0 Å². The predicted octanol–water partition coefficient (Wildman–Crippen LogP) is 2.89. The molecule has 0 unspecified atom stereocenters. The molecule has 1 atom stereocenters. The van der Waals surface area contributed by atoms with Crippen molar-refractivity contribution in [2.24, 2.45) is 0 Å². The normalized spacial score (nSPS) is 15.5. The van der Waals surface area contributed by atoms with Crippen molar-refractivity contribution in [1.82, 2.24) is 9.97 Å². The molecule has 1 aromatic heterocycles. The molecule has 0 bridgehead atoms. The molecule has 1 aromatic carbocycles. The lowest BCUT2D eigenvalue weighted by Crippen LogP contribution is -2.21. The summed E-state index contributed by atoms with van der Waals surface area (Å²) in [5.74, 6) is 1.90. The van der Waals surface area contributed by atoms with Crippen molar-refractivity contribution in [3.05, 3.63) is 42.1 Å². The van der Waals surface area contributed by atoms with Crippen LogP contribution in [0.1, 0.15) is 31.4 Å². The maximum Gasteiger partial charge on any atom is 0.225 e. The van der Waals surface area contributed by atoms with Crippen molar-refractivity contribution in [2.45, 2.75) is 31.7 Å². The Morgan fingerprint density at radius 3 is 2.67 bits per heavy atom. The van der Waals surface area contributed by atoms with Crippen LogP contribution < -0.4 is 10.6 Å². The average Bonchev–Trinajstić information content (AvgIpc) is 3.32. The number of aliphatic hydroxyl groups is 1. The lowest BCUT2D eigenvalue weighted by atomic mass is 10.2. The van der Waals surface area contributed by atoms with Gasteiger partial charge in [-0.25, -0.2) is 4.98 Å². The first kappa shape index (κ1) is 13.8. The highest BCUT2D eigenvalue weighted by Gasteiger charge is 2.26. The number of hydrogen-bond acceptors (Lipinski definition) is 5. The molecule has 21 heavy (non-hydrogen) atoms. The SMILES string of the molecule is C[C@@H](CO)Nc1nc(Nc2ccccc2)cc(C2CC2)n1. The van der Waals surface area contributed by atoms with Gasteiger partial charge in [-0.2, -0.15) is 4.98 Å². The van der Waals surface area contributed by atoms with Crippen LogP contribution in [0.4, 0.5) is 17.5 Å². The summed E-state index contributed by atoms with van der Waals surface area (Å²) in [5.41, 5.74) is 2.06. The van der Waals surface area contributed by atoms with E-state index in [4.69, 9.17) is 5.11 Å². The Bertz CT molecular complexity index is 598. The van der Waals surface area contributed by atoms with Gasteiger partial charge in [0.15, 0.2) is 0 Å². The van der Waals surface area contributed by atoms with Crippen molar-refractivity contribution >= 4 is 17.5 Å². The van der Waals surface area contributed by atoms with E-state index >= 15 is 0 Å². The molecule has 1 aliphatic carbocycles. The Hall–Kier alpha value is -2.14. The number of nitrogens with one attached hydrogen (secondary N) is 2. The van der Waals surface area contributed by atoms with Gasteiger partial charge in [-0.1, -0.05) is 18.2 Å². The van der Waals surface area contributed by atoms with Crippen LogP contribution in [0.3, 0.4) is 0 Å². The molecule has 0 radical (unpaired) electrons. The molecule has 5 heteroatoms. The smallest absolute Gasteiger partial charge is 0.225 e. The van der Waals surface area contributed by atoms with E-state index in [-0.39, 0.29) is 12.6 Å². The zero-order valence-electron chi connectivity index (χ0n) is 12.1. The number of aromatic nitrogens is 2. The van der Waals surface area contributed by atoms with E-state index in [9.17, 15) is 0 Å². The monoisotopic (exact) mass is 284 g/mol. The molecular weight excluding hydrogens is 264 g/mol. The van der Waals surface area contributed by atoms with E-state index in [2.05, 4.69) is 20.6 Å². The summed E-state index contributed by atoms with van der Waals surface area (Å²) in [4.78, 5) is 9.03. The minimum atomic E-state index is -0.0657. The van der Waals surface area contributed by atoms with Crippen molar-refractivity contribution in [3.63, 3.8) is 0 Å². The molecule has 1 saturated carbocycles. The Kier molecular flexibility index (Phi) is 4.01. The van der Waals surface area contributed by atoms with E-state index in [1.165, 1.54) is 12.8 Å². The molecule has 1 heterocycles. The van der Waals surface area contributed by atoms with Crippen LogP contribution in [0.25, 0.3) is 0 Å². The van der Waals surface area contributed by atoms with Gasteiger partial charge in [-0.05, 0) is 31.9 Å². The number of benzene rings is 1. The molecule has 5 nitrogen and oxygen atoms in total. The number of aliphatic hydroxyl groups excluding tert-OH is 1. The number of nitrogens with zero attached hydrogens (tertiary/aromatic N) is 2. The maximum atomic E-state index is 9.16. The zero-order chi connectivity index (χ0) is 14.7. The summed E-state index contributed by atoms with van der Waals surface area (Å²) in [5, 5.41) is 15.6. The number of hydrogen-bond donors (Lipinski definition) is 3. The highest BCUT2D eigenvalue weighted by molar-refractivity contribution is 5.57. The van der Waals surface area contributed by atoms with Gasteiger partial charge in [-0.15, -0.1) is 0 Å². The largest absolute Gasteiger partial charge is 0.394 e. The summed E-state index contributed by atoms with van der Waals surface area (Å²) >= 11 is 0. The first-order valence-electron chi connectivity index (χ1n) is 7.33. The van der Waals surface area contributed by atoms with Gasteiger partial charge in [0.1, 0.15) is 5.82 Å². The summed E-state index contributed by atoms with van der Waals surface area (Å²) in [6, 6.07) is 11.9. The maximum absolute atomic E-state index is 9.16. The van der Waals surface area contributed by atoms with E-state index in [1.54, 1.807) is 0 Å². The minimum Gasteiger partial charge on any atom is -0.394 e. The highest BCUT2D eigenvalue weighted by atomic mass is 16.3.